The molecule has 0 N–H and O–H groups in total. The zero-order valence-electron chi connectivity index (χ0n) is 21.9. The van der Waals surface area contributed by atoms with Crippen molar-refractivity contribution in [1.29, 1.82) is 0 Å². The van der Waals surface area contributed by atoms with E-state index in [1.54, 1.807) is 14.2 Å². The summed E-state index contributed by atoms with van der Waals surface area (Å²) < 4.78 is 13.2. The van der Waals surface area contributed by atoms with E-state index < -0.39 is 0 Å². The first kappa shape index (κ1) is 24.9. The Labute approximate surface area is 219 Å². The van der Waals surface area contributed by atoms with Crippen molar-refractivity contribution in [2.75, 3.05) is 40.4 Å². The van der Waals surface area contributed by atoms with Crippen molar-refractivity contribution in [3.8, 4) is 11.5 Å². The number of para-hydroxylation sites is 1. The highest BCUT2D eigenvalue weighted by atomic mass is 16.5. The maximum atomic E-state index is 13.7. The van der Waals surface area contributed by atoms with Gasteiger partial charge in [0.25, 0.3) is 0 Å². The molecule has 6 nitrogen and oxygen atoms in total. The Bertz CT molecular complexity index is 1360. The lowest BCUT2D eigenvalue weighted by atomic mass is 9.87. The van der Waals surface area contributed by atoms with Crippen molar-refractivity contribution in [1.82, 2.24) is 14.4 Å². The molecular formula is C31H35N3O3. The largest absolute Gasteiger partial charge is 0.493 e. The molecule has 0 bridgehead atoms. The predicted molar refractivity (Wildman–Crippen MR) is 147 cm³/mol. The molecule has 1 fully saturated rings. The summed E-state index contributed by atoms with van der Waals surface area (Å²) in [5.41, 5.74) is 4.67. The van der Waals surface area contributed by atoms with Gasteiger partial charge in [-0.25, -0.2) is 0 Å². The van der Waals surface area contributed by atoms with Crippen LogP contribution >= 0.6 is 0 Å². The van der Waals surface area contributed by atoms with Crippen molar-refractivity contribution in [2.24, 2.45) is 7.05 Å². The summed E-state index contributed by atoms with van der Waals surface area (Å²) in [5, 5.41) is 1.17. The molecule has 6 heteroatoms. The molecule has 192 valence electrons. The summed E-state index contributed by atoms with van der Waals surface area (Å²) >= 11 is 0. The second-order valence-electron chi connectivity index (χ2n) is 9.73. The van der Waals surface area contributed by atoms with E-state index in [2.05, 4.69) is 77.3 Å². The molecule has 37 heavy (non-hydrogen) atoms. The van der Waals surface area contributed by atoms with E-state index in [1.807, 2.05) is 23.1 Å². The average molecular weight is 498 g/mol. The summed E-state index contributed by atoms with van der Waals surface area (Å²) in [5.74, 6) is 1.45. The second-order valence-corrected chi connectivity index (χ2v) is 9.73. The molecule has 0 saturated carbocycles. The van der Waals surface area contributed by atoms with Crippen molar-refractivity contribution in [2.45, 2.75) is 18.9 Å². The zero-order valence-corrected chi connectivity index (χ0v) is 21.9. The van der Waals surface area contributed by atoms with E-state index in [-0.39, 0.29) is 11.8 Å². The third-order valence-electron chi connectivity index (χ3n) is 7.47. The van der Waals surface area contributed by atoms with Crippen LogP contribution in [0.5, 0.6) is 11.5 Å². The Kier molecular flexibility index (Phi) is 7.47. The van der Waals surface area contributed by atoms with Gasteiger partial charge < -0.3 is 18.9 Å². The topological polar surface area (TPSA) is 46.9 Å². The molecular weight excluding hydrogens is 462 g/mol. The van der Waals surface area contributed by atoms with Crippen LogP contribution in [0.1, 0.15) is 29.0 Å². The molecule has 0 radical (unpaired) electrons. The van der Waals surface area contributed by atoms with Crippen LogP contribution in [-0.2, 0) is 18.4 Å². The number of aromatic nitrogens is 1. The van der Waals surface area contributed by atoms with Gasteiger partial charge in [0, 0.05) is 69.2 Å². The third kappa shape index (κ3) is 5.35. The molecule has 1 aromatic heterocycles. The van der Waals surface area contributed by atoms with Gasteiger partial charge in [-0.3, -0.25) is 9.69 Å². The number of hydrogen-bond donors (Lipinski definition) is 0. The SMILES string of the molecule is COc1ccc([C@H](CC(=O)N2CCN(Cc3ccccc3)CC2)c2cn(C)c3ccccc23)cc1OC. The smallest absolute Gasteiger partial charge is 0.223 e. The van der Waals surface area contributed by atoms with Crippen LogP contribution in [0.25, 0.3) is 10.9 Å². The molecule has 0 aliphatic carbocycles. The van der Waals surface area contributed by atoms with Gasteiger partial charge in [-0.2, -0.15) is 0 Å². The highest BCUT2D eigenvalue weighted by molar-refractivity contribution is 5.86. The van der Waals surface area contributed by atoms with Crippen molar-refractivity contribution >= 4 is 16.8 Å². The zero-order chi connectivity index (χ0) is 25.8. The van der Waals surface area contributed by atoms with E-state index in [1.165, 1.54) is 10.9 Å². The quantitative estimate of drug-likeness (QED) is 0.341. The van der Waals surface area contributed by atoms with Crippen molar-refractivity contribution in [3.63, 3.8) is 0 Å². The maximum Gasteiger partial charge on any atom is 0.223 e. The molecule has 1 atom stereocenters. The Morgan fingerprint density at radius 1 is 0.865 bits per heavy atom. The number of carbonyl (C=O) groups excluding carboxylic acids is 1. The fourth-order valence-electron chi connectivity index (χ4n) is 5.43. The third-order valence-corrected chi connectivity index (χ3v) is 7.47. The van der Waals surface area contributed by atoms with Gasteiger partial charge in [-0.05, 0) is 34.9 Å². The molecule has 1 saturated heterocycles. The summed E-state index contributed by atoms with van der Waals surface area (Å²) in [4.78, 5) is 18.1. The summed E-state index contributed by atoms with van der Waals surface area (Å²) in [7, 11) is 5.35. The van der Waals surface area contributed by atoms with E-state index in [9.17, 15) is 4.79 Å². The number of hydrogen-bond acceptors (Lipinski definition) is 4. The summed E-state index contributed by atoms with van der Waals surface area (Å²) in [6.45, 7) is 4.19. The van der Waals surface area contributed by atoms with Gasteiger partial charge in [-0.15, -0.1) is 0 Å². The van der Waals surface area contributed by atoms with Crippen molar-refractivity contribution in [3.05, 3.63) is 95.7 Å². The molecule has 0 spiro atoms. The number of benzene rings is 3. The predicted octanol–water partition coefficient (Wildman–Crippen LogP) is 5.06. The van der Waals surface area contributed by atoms with Gasteiger partial charge in [0.05, 0.1) is 14.2 Å². The van der Waals surface area contributed by atoms with Crippen LogP contribution in [0.15, 0.2) is 79.0 Å². The number of fused-ring (bicyclic) bond motifs is 1. The number of aryl methyl sites for hydroxylation is 1. The molecule has 1 amide bonds. The van der Waals surface area contributed by atoms with E-state index in [0.717, 1.165) is 49.4 Å². The lowest BCUT2D eigenvalue weighted by molar-refractivity contribution is -0.133. The van der Waals surface area contributed by atoms with Crippen molar-refractivity contribution < 1.29 is 14.3 Å². The summed E-state index contributed by atoms with van der Waals surface area (Å²) in [6, 6.07) is 24.9. The van der Waals surface area contributed by atoms with Gasteiger partial charge in [-0.1, -0.05) is 54.6 Å². The number of methoxy groups -OCH3 is 2. The second kappa shape index (κ2) is 11.1. The Morgan fingerprint density at radius 2 is 1.57 bits per heavy atom. The lowest BCUT2D eigenvalue weighted by Gasteiger charge is -2.35. The van der Waals surface area contributed by atoms with E-state index in [0.29, 0.717) is 17.9 Å². The van der Waals surface area contributed by atoms with E-state index >= 15 is 0 Å². The number of carbonyl (C=O) groups is 1. The monoisotopic (exact) mass is 497 g/mol. The van der Waals surface area contributed by atoms with Crippen LogP contribution in [0.2, 0.25) is 0 Å². The van der Waals surface area contributed by atoms with Crippen LogP contribution in [0, 0.1) is 0 Å². The minimum atomic E-state index is -0.0965. The number of piperazine rings is 1. The molecule has 5 rings (SSSR count). The van der Waals surface area contributed by atoms with Crippen LogP contribution in [0.3, 0.4) is 0 Å². The first-order valence-corrected chi connectivity index (χ1v) is 12.9. The molecule has 3 aromatic carbocycles. The molecule has 1 aliphatic rings. The van der Waals surface area contributed by atoms with Gasteiger partial charge in [0.15, 0.2) is 11.5 Å². The number of amides is 1. The first-order chi connectivity index (χ1) is 18.1. The molecule has 0 unspecified atom stereocenters. The molecule has 2 heterocycles. The molecule has 4 aromatic rings. The summed E-state index contributed by atoms with van der Waals surface area (Å²) in [6.07, 6.45) is 2.57. The maximum absolute atomic E-state index is 13.7. The highest BCUT2D eigenvalue weighted by Crippen LogP contribution is 2.38. The van der Waals surface area contributed by atoms with E-state index in [4.69, 9.17) is 9.47 Å². The lowest BCUT2D eigenvalue weighted by Crippen LogP contribution is -2.48. The molecule has 1 aliphatic heterocycles. The van der Waals surface area contributed by atoms with Gasteiger partial charge in [0.2, 0.25) is 5.91 Å². The van der Waals surface area contributed by atoms with Crippen LogP contribution < -0.4 is 9.47 Å². The minimum absolute atomic E-state index is 0.0965. The Morgan fingerprint density at radius 3 is 2.30 bits per heavy atom. The number of ether oxygens (including phenoxy) is 2. The standard InChI is InChI=1S/C31H35N3O3/c1-32-22-27(25-11-7-8-12-28(25)32)26(24-13-14-29(36-2)30(19-24)37-3)20-31(35)34-17-15-33(16-18-34)21-23-9-5-4-6-10-23/h4-14,19,22,26H,15-18,20-21H2,1-3H3/t26-/m0/s1. The first-order valence-electron chi connectivity index (χ1n) is 12.9. The fraction of sp³-hybridized carbons (Fsp3) is 0.323. The number of rotatable bonds is 8. The number of nitrogens with zero attached hydrogens (tertiary/aromatic N) is 3. The van der Waals surface area contributed by atoms with Crippen LogP contribution in [-0.4, -0.2) is 60.7 Å². The van der Waals surface area contributed by atoms with Gasteiger partial charge >= 0.3 is 0 Å². The fourth-order valence-corrected chi connectivity index (χ4v) is 5.43. The normalized spacial score (nSPS) is 15.1. The highest BCUT2D eigenvalue weighted by Gasteiger charge is 2.28. The van der Waals surface area contributed by atoms with Crippen LogP contribution in [0.4, 0.5) is 0 Å². The Balaban J connectivity index is 1.38. The van der Waals surface area contributed by atoms with Gasteiger partial charge in [0.1, 0.15) is 0 Å². The Hall–Kier alpha value is -3.77. The average Bonchev–Trinajstić information content (AvgIpc) is 3.28. The minimum Gasteiger partial charge on any atom is -0.493 e.